The van der Waals surface area contributed by atoms with E-state index in [1.54, 1.807) is 14.2 Å². The van der Waals surface area contributed by atoms with Gasteiger partial charge in [-0.05, 0) is 12.8 Å². The smallest absolute Gasteiger partial charge is 0.330 e. The average molecular weight is 269 g/mol. The number of rotatable bonds is 4. The van der Waals surface area contributed by atoms with E-state index in [9.17, 15) is 10.1 Å². The van der Waals surface area contributed by atoms with Crippen molar-refractivity contribution in [1.82, 2.24) is 9.78 Å². The molecule has 8 nitrogen and oxygen atoms in total. The van der Waals surface area contributed by atoms with E-state index in [-0.39, 0.29) is 17.8 Å². The van der Waals surface area contributed by atoms with Crippen molar-refractivity contribution in [2.45, 2.75) is 25.0 Å². The van der Waals surface area contributed by atoms with Gasteiger partial charge in [0.2, 0.25) is 5.82 Å². The van der Waals surface area contributed by atoms with Gasteiger partial charge < -0.3 is 15.4 Å². The topological polar surface area (TPSA) is 99.4 Å². The van der Waals surface area contributed by atoms with Crippen LogP contribution in [0, 0.1) is 10.1 Å². The van der Waals surface area contributed by atoms with E-state index in [4.69, 9.17) is 10.5 Å². The molecule has 2 N–H and O–H groups in total. The van der Waals surface area contributed by atoms with Gasteiger partial charge in [-0.2, -0.15) is 0 Å². The summed E-state index contributed by atoms with van der Waals surface area (Å²) < 4.78 is 6.81. The van der Waals surface area contributed by atoms with Crippen LogP contribution in [0.4, 0.5) is 11.5 Å². The van der Waals surface area contributed by atoms with E-state index in [2.05, 4.69) is 5.10 Å². The molecule has 2 rings (SSSR count). The van der Waals surface area contributed by atoms with E-state index in [1.807, 2.05) is 4.90 Å². The average Bonchev–Trinajstić information content (AvgIpc) is 2.80. The van der Waals surface area contributed by atoms with E-state index in [0.29, 0.717) is 18.9 Å². The first kappa shape index (κ1) is 13.8. The summed E-state index contributed by atoms with van der Waals surface area (Å²) in [7, 11) is 3.35. The summed E-state index contributed by atoms with van der Waals surface area (Å²) in [5.74, 6) is 0.400. The molecule has 1 aliphatic rings. The van der Waals surface area contributed by atoms with Gasteiger partial charge in [0.1, 0.15) is 6.20 Å². The summed E-state index contributed by atoms with van der Waals surface area (Å²) in [5.41, 5.74) is 5.80. The van der Waals surface area contributed by atoms with Gasteiger partial charge in [-0.3, -0.25) is 14.8 Å². The highest BCUT2D eigenvalue weighted by Crippen LogP contribution is 2.31. The highest BCUT2D eigenvalue weighted by Gasteiger charge is 2.33. The number of ether oxygens (including phenoxy) is 1. The molecule has 1 saturated heterocycles. The van der Waals surface area contributed by atoms with E-state index >= 15 is 0 Å². The maximum atomic E-state index is 11.1. The van der Waals surface area contributed by atoms with Gasteiger partial charge in [0.15, 0.2) is 0 Å². The molecule has 0 radical (unpaired) electrons. The minimum Gasteiger partial charge on any atom is -0.381 e. The normalized spacial score (nSPS) is 23.6. The Hall–Kier alpha value is -1.67. The number of nitrogens with zero attached hydrogens (tertiary/aromatic N) is 4. The number of anilines is 1. The Kier molecular flexibility index (Phi) is 4.01. The molecule has 0 bridgehead atoms. The summed E-state index contributed by atoms with van der Waals surface area (Å²) in [6, 6.07) is 0.0206. The zero-order valence-electron chi connectivity index (χ0n) is 11.2. The van der Waals surface area contributed by atoms with E-state index in [0.717, 1.165) is 12.8 Å². The Labute approximate surface area is 111 Å². The molecule has 2 heterocycles. The SMILES string of the molecule is COC1CCN(c2nn(C)cc2[N+](=O)[O-])C(CN)C1. The summed E-state index contributed by atoms with van der Waals surface area (Å²) >= 11 is 0. The fourth-order valence-electron chi connectivity index (χ4n) is 2.53. The zero-order valence-corrected chi connectivity index (χ0v) is 11.2. The van der Waals surface area contributed by atoms with Crippen LogP contribution in [0.3, 0.4) is 0 Å². The van der Waals surface area contributed by atoms with Crippen LogP contribution < -0.4 is 10.6 Å². The molecule has 8 heteroatoms. The summed E-state index contributed by atoms with van der Waals surface area (Å²) in [6.45, 7) is 1.09. The lowest BCUT2D eigenvalue weighted by Gasteiger charge is -2.38. The van der Waals surface area contributed by atoms with Gasteiger partial charge in [0.25, 0.3) is 0 Å². The van der Waals surface area contributed by atoms with Crippen LogP contribution >= 0.6 is 0 Å². The molecule has 1 aromatic heterocycles. The molecule has 0 aromatic carbocycles. The molecule has 0 aliphatic carbocycles. The van der Waals surface area contributed by atoms with E-state index in [1.165, 1.54) is 10.9 Å². The van der Waals surface area contributed by atoms with Gasteiger partial charge >= 0.3 is 5.69 Å². The number of nitro groups is 1. The van der Waals surface area contributed by atoms with Gasteiger partial charge in [-0.25, -0.2) is 0 Å². The Bertz CT molecular complexity index is 461. The van der Waals surface area contributed by atoms with Gasteiger partial charge in [0.05, 0.1) is 11.0 Å². The van der Waals surface area contributed by atoms with Crippen molar-refractivity contribution < 1.29 is 9.66 Å². The third-order valence-corrected chi connectivity index (χ3v) is 3.53. The molecule has 19 heavy (non-hydrogen) atoms. The lowest BCUT2D eigenvalue weighted by atomic mass is 9.99. The van der Waals surface area contributed by atoms with Crippen LogP contribution in [0.2, 0.25) is 0 Å². The molecule has 2 unspecified atom stereocenters. The fourth-order valence-corrected chi connectivity index (χ4v) is 2.53. The summed E-state index contributed by atoms with van der Waals surface area (Å²) in [6.07, 6.45) is 3.17. The Morgan fingerprint density at radius 2 is 2.42 bits per heavy atom. The molecule has 1 aliphatic heterocycles. The predicted molar refractivity (Wildman–Crippen MR) is 70.1 cm³/mol. The molecule has 0 saturated carbocycles. The Morgan fingerprint density at radius 3 is 3.00 bits per heavy atom. The quantitative estimate of drug-likeness (QED) is 0.622. The molecule has 0 spiro atoms. The number of piperidine rings is 1. The fraction of sp³-hybridized carbons (Fsp3) is 0.727. The highest BCUT2D eigenvalue weighted by atomic mass is 16.6. The van der Waals surface area contributed by atoms with Crippen molar-refractivity contribution in [1.29, 1.82) is 0 Å². The second-order valence-electron chi connectivity index (χ2n) is 4.73. The standard InChI is InChI=1S/C11H19N5O3/c1-14-7-10(16(17)18)11(13-14)15-4-3-9(19-2)5-8(15)6-12/h7-9H,3-6,12H2,1-2H3. The Balaban J connectivity index is 2.27. The van der Waals surface area contributed by atoms with Crippen LogP contribution in [0.25, 0.3) is 0 Å². The number of nitrogens with two attached hydrogens (primary N) is 1. The van der Waals surface area contributed by atoms with Crippen LogP contribution in [-0.2, 0) is 11.8 Å². The summed E-state index contributed by atoms with van der Waals surface area (Å²) in [5, 5.41) is 15.3. The zero-order chi connectivity index (χ0) is 14.0. The number of hydrogen-bond donors (Lipinski definition) is 1. The van der Waals surface area contributed by atoms with E-state index < -0.39 is 4.92 Å². The lowest BCUT2D eigenvalue weighted by molar-refractivity contribution is -0.384. The maximum Gasteiger partial charge on any atom is 0.330 e. The first-order valence-electron chi connectivity index (χ1n) is 6.24. The second kappa shape index (κ2) is 5.54. The van der Waals surface area contributed by atoms with Crippen molar-refractivity contribution in [3.05, 3.63) is 16.3 Å². The lowest BCUT2D eigenvalue weighted by Crippen LogP contribution is -2.49. The van der Waals surface area contributed by atoms with Crippen LogP contribution in [0.1, 0.15) is 12.8 Å². The molecule has 106 valence electrons. The Morgan fingerprint density at radius 1 is 1.68 bits per heavy atom. The number of aromatic nitrogens is 2. The van der Waals surface area contributed by atoms with Gasteiger partial charge in [-0.15, -0.1) is 5.10 Å². The van der Waals surface area contributed by atoms with Crippen LogP contribution in [0.15, 0.2) is 6.20 Å². The van der Waals surface area contributed by atoms with Crippen molar-refractivity contribution in [2.75, 3.05) is 25.1 Å². The largest absolute Gasteiger partial charge is 0.381 e. The van der Waals surface area contributed by atoms with Crippen molar-refractivity contribution in [2.24, 2.45) is 12.8 Å². The van der Waals surface area contributed by atoms with Crippen LogP contribution in [0.5, 0.6) is 0 Å². The first-order valence-corrected chi connectivity index (χ1v) is 6.24. The van der Waals surface area contributed by atoms with Crippen molar-refractivity contribution in [3.8, 4) is 0 Å². The molecule has 1 aromatic rings. The minimum atomic E-state index is -0.404. The molecule has 1 fully saturated rings. The monoisotopic (exact) mass is 269 g/mol. The first-order chi connectivity index (χ1) is 9.06. The predicted octanol–water partition coefficient (Wildman–Crippen LogP) is 0.271. The molecular formula is C11H19N5O3. The molecular weight excluding hydrogens is 250 g/mol. The van der Waals surface area contributed by atoms with Crippen LogP contribution in [-0.4, -0.2) is 47.0 Å². The summed E-state index contributed by atoms with van der Waals surface area (Å²) in [4.78, 5) is 12.6. The second-order valence-corrected chi connectivity index (χ2v) is 4.73. The number of methoxy groups -OCH3 is 1. The molecule has 0 amide bonds. The highest BCUT2D eigenvalue weighted by molar-refractivity contribution is 5.57. The van der Waals surface area contributed by atoms with Crippen molar-refractivity contribution in [3.63, 3.8) is 0 Å². The minimum absolute atomic E-state index is 0.0206. The third kappa shape index (κ3) is 2.69. The van der Waals surface area contributed by atoms with Gasteiger partial charge in [0, 0.05) is 33.3 Å². The number of hydrogen-bond acceptors (Lipinski definition) is 6. The third-order valence-electron chi connectivity index (χ3n) is 3.53. The molecule has 2 atom stereocenters. The van der Waals surface area contributed by atoms with Crippen molar-refractivity contribution >= 4 is 11.5 Å². The number of aryl methyl sites for hydroxylation is 1. The van der Waals surface area contributed by atoms with Gasteiger partial charge in [-0.1, -0.05) is 0 Å². The maximum absolute atomic E-state index is 11.1.